The summed E-state index contributed by atoms with van der Waals surface area (Å²) in [7, 11) is 1.37. The second kappa shape index (κ2) is 11.7. The largest absolute Gasteiger partial charge is 0.493 e. The fraction of sp³-hybridized carbons (Fsp3) is 0.391. The first-order chi connectivity index (χ1) is 16.6. The van der Waals surface area contributed by atoms with Crippen LogP contribution in [-0.2, 0) is 20.7 Å². The molecule has 2 aromatic carbocycles. The van der Waals surface area contributed by atoms with Gasteiger partial charge in [0, 0.05) is 26.2 Å². The number of nitrogens with zero attached hydrogens (tertiary/aromatic N) is 2. The fourth-order valence-corrected chi connectivity index (χ4v) is 3.90. The molecule has 0 radical (unpaired) electrons. The summed E-state index contributed by atoms with van der Waals surface area (Å²) >= 11 is 12.4. The Labute approximate surface area is 210 Å². The zero-order chi connectivity index (χ0) is 25.6. The molecule has 1 aliphatic rings. The van der Waals surface area contributed by atoms with Crippen molar-refractivity contribution in [3.8, 4) is 11.5 Å². The van der Waals surface area contributed by atoms with Crippen LogP contribution in [0.15, 0.2) is 36.4 Å². The Kier molecular flexibility index (Phi) is 8.96. The van der Waals surface area contributed by atoms with E-state index in [4.69, 9.17) is 32.7 Å². The third-order valence-electron chi connectivity index (χ3n) is 5.23. The molecule has 1 heterocycles. The molecule has 2 aromatic rings. The average Bonchev–Trinajstić information content (AvgIpc) is 2.83. The van der Waals surface area contributed by atoms with Crippen LogP contribution < -0.4 is 14.4 Å². The molecule has 1 amide bonds. The lowest BCUT2D eigenvalue weighted by atomic mass is 10.1. The molecule has 3 rings (SSSR count). The first-order valence-electron chi connectivity index (χ1n) is 10.6. The number of benzene rings is 2. The Balaban J connectivity index is 1.51. The predicted molar refractivity (Wildman–Crippen MR) is 124 cm³/mol. The van der Waals surface area contributed by atoms with Crippen LogP contribution in [0.3, 0.4) is 0 Å². The molecule has 35 heavy (non-hydrogen) atoms. The molecule has 0 aromatic heterocycles. The van der Waals surface area contributed by atoms with Gasteiger partial charge in [-0.25, -0.2) is 0 Å². The van der Waals surface area contributed by atoms with Gasteiger partial charge in [-0.2, -0.15) is 13.2 Å². The van der Waals surface area contributed by atoms with Gasteiger partial charge in [-0.15, -0.1) is 0 Å². The van der Waals surface area contributed by atoms with E-state index in [1.165, 1.54) is 25.3 Å². The SMILES string of the molecule is COc1cc(CC(=O)OCC(F)(F)F)ccc1OCC(=O)N1CCN(c2cccc(Cl)c2Cl)CC1. The summed E-state index contributed by atoms with van der Waals surface area (Å²) in [4.78, 5) is 28.0. The van der Waals surface area contributed by atoms with Gasteiger partial charge >= 0.3 is 12.1 Å². The average molecular weight is 535 g/mol. The van der Waals surface area contributed by atoms with Crippen LogP contribution >= 0.6 is 23.2 Å². The number of esters is 1. The van der Waals surface area contributed by atoms with Crippen molar-refractivity contribution in [3.63, 3.8) is 0 Å². The number of carbonyl (C=O) groups excluding carboxylic acids is 2. The Morgan fingerprint density at radius 1 is 1.03 bits per heavy atom. The molecule has 0 N–H and O–H groups in total. The van der Waals surface area contributed by atoms with E-state index in [0.717, 1.165) is 5.69 Å². The molecule has 7 nitrogen and oxygen atoms in total. The van der Waals surface area contributed by atoms with Gasteiger partial charge in [0.2, 0.25) is 0 Å². The van der Waals surface area contributed by atoms with Gasteiger partial charge < -0.3 is 24.0 Å². The van der Waals surface area contributed by atoms with Gasteiger partial charge in [-0.3, -0.25) is 9.59 Å². The van der Waals surface area contributed by atoms with Gasteiger partial charge in [0.25, 0.3) is 5.91 Å². The summed E-state index contributed by atoms with van der Waals surface area (Å²) in [6.45, 7) is 0.221. The van der Waals surface area contributed by atoms with E-state index < -0.39 is 18.8 Å². The molecule has 1 fully saturated rings. The highest BCUT2D eigenvalue weighted by Gasteiger charge is 2.29. The van der Waals surface area contributed by atoms with Crippen LogP contribution in [0.4, 0.5) is 18.9 Å². The smallest absolute Gasteiger partial charge is 0.422 e. The van der Waals surface area contributed by atoms with E-state index in [9.17, 15) is 22.8 Å². The van der Waals surface area contributed by atoms with Crippen LogP contribution in [0.2, 0.25) is 10.0 Å². The molecule has 1 saturated heterocycles. The minimum atomic E-state index is -4.59. The molecule has 190 valence electrons. The number of hydrogen-bond donors (Lipinski definition) is 0. The maximum atomic E-state index is 12.6. The van der Waals surface area contributed by atoms with E-state index >= 15 is 0 Å². The van der Waals surface area contributed by atoms with Gasteiger partial charge in [0.15, 0.2) is 24.7 Å². The summed E-state index contributed by atoms with van der Waals surface area (Å²) in [6, 6.07) is 9.83. The molecule has 0 saturated carbocycles. The van der Waals surface area contributed by atoms with E-state index in [0.29, 0.717) is 41.8 Å². The zero-order valence-electron chi connectivity index (χ0n) is 18.7. The highest BCUT2D eigenvalue weighted by atomic mass is 35.5. The number of anilines is 1. The van der Waals surface area contributed by atoms with Crippen molar-refractivity contribution < 1.29 is 37.0 Å². The van der Waals surface area contributed by atoms with Crippen LogP contribution in [0.1, 0.15) is 5.56 Å². The van der Waals surface area contributed by atoms with E-state index in [1.807, 2.05) is 12.1 Å². The van der Waals surface area contributed by atoms with Gasteiger partial charge in [0.1, 0.15) is 0 Å². The van der Waals surface area contributed by atoms with Gasteiger partial charge in [0.05, 0.1) is 29.3 Å². The molecular formula is C23H23Cl2F3N2O5. The topological polar surface area (TPSA) is 68.3 Å². The van der Waals surface area contributed by atoms with Crippen molar-refractivity contribution in [1.82, 2.24) is 4.90 Å². The maximum absolute atomic E-state index is 12.6. The van der Waals surface area contributed by atoms with Crippen molar-refractivity contribution in [2.45, 2.75) is 12.6 Å². The summed E-state index contributed by atoms with van der Waals surface area (Å²) in [5.74, 6) is -0.743. The lowest BCUT2D eigenvalue weighted by Crippen LogP contribution is -2.50. The lowest BCUT2D eigenvalue weighted by molar-refractivity contribution is -0.185. The van der Waals surface area contributed by atoms with E-state index in [1.54, 1.807) is 11.0 Å². The van der Waals surface area contributed by atoms with Gasteiger partial charge in [-0.05, 0) is 29.8 Å². The first kappa shape index (κ1) is 26.7. The van der Waals surface area contributed by atoms with Crippen molar-refractivity contribution in [2.75, 3.05) is 51.4 Å². The number of carbonyl (C=O) groups is 2. The lowest BCUT2D eigenvalue weighted by Gasteiger charge is -2.36. The highest BCUT2D eigenvalue weighted by molar-refractivity contribution is 6.43. The van der Waals surface area contributed by atoms with E-state index in [2.05, 4.69) is 9.64 Å². The number of halogens is 5. The number of hydrogen-bond acceptors (Lipinski definition) is 6. The van der Waals surface area contributed by atoms with Crippen molar-refractivity contribution in [2.24, 2.45) is 0 Å². The Morgan fingerprint density at radius 2 is 1.74 bits per heavy atom. The number of amides is 1. The zero-order valence-corrected chi connectivity index (χ0v) is 20.3. The molecule has 0 aliphatic carbocycles. The number of rotatable bonds is 8. The molecule has 0 atom stereocenters. The van der Waals surface area contributed by atoms with Crippen LogP contribution in [0.25, 0.3) is 0 Å². The fourth-order valence-electron chi connectivity index (χ4n) is 3.49. The summed E-state index contributed by atoms with van der Waals surface area (Å²) in [5.41, 5.74) is 1.19. The highest BCUT2D eigenvalue weighted by Crippen LogP contribution is 2.33. The normalized spacial score (nSPS) is 14.0. The quantitative estimate of drug-likeness (QED) is 0.468. The Morgan fingerprint density at radius 3 is 2.40 bits per heavy atom. The minimum Gasteiger partial charge on any atom is -0.493 e. The monoisotopic (exact) mass is 534 g/mol. The Hall–Kier alpha value is -2.85. The summed E-state index contributed by atoms with van der Waals surface area (Å²) < 4.78 is 51.6. The molecule has 0 unspecified atom stereocenters. The standard InChI is InChI=1S/C23H23Cl2F3N2O5/c1-33-19-11-15(12-21(32)35-14-23(26,27)28)5-6-18(19)34-13-20(31)30-9-7-29(8-10-30)17-4-2-3-16(24)22(17)25/h2-6,11H,7-10,12-14H2,1H3. The number of piperazine rings is 1. The second-order valence-corrected chi connectivity index (χ2v) is 8.45. The van der Waals surface area contributed by atoms with Crippen molar-refractivity contribution in [1.29, 1.82) is 0 Å². The third-order valence-corrected chi connectivity index (χ3v) is 6.04. The summed E-state index contributed by atoms with van der Waals surface area (Å²) in [6.07, 6.45) is -4.96. The number of ether oxygens (including phenoxy) is 3. The number of alkyl halides is 3. The van der Waals surface area contributed by atoms with Crippen molar-refractivity contribution >= 4 is 40.8 Å². The molecule has 1 aliphatic heterocycles. The Bertz CT molecular complexity index is 1060. The third kappa shape index (κ3) is 7.57. The van der Waals surface area contributed by atoms with Crippen LogP contribution in [0.5, 0.6) is 11.5 Å². The summed E-state index contributed by atoms with van der Waals surface area (Å²) in [5, 5.41) is 0.940. The van der Waals surface area contributed by atoms with Gasteiger partial charge in [-0.1, -0.05) is 35.3 Å². The van der Waals surface area contributed by atoms with Crippen molar-refractivity contribution in [3.05, 3.63) is 52.0 Å². The molecule has 12 heteroatoms. The predicted octanol–water partition coefficient (Wildman–Crippen LogP) is 4.38. The maximum Gasteiger partial charge on any atom is 0.422 e. The second-order valence-electron chi connectivity index (χ2n) is 7.67. The molecule has 0 spiro atoms. The first-order valence-corrected chi connectivity index (χ1v) is 11.3. The minimum absolute atomic E-state index is 0.219. The number of methoxy groups -OCH3 is 1. The van der Waals surface area contributed by atoms with Crippen LogP contribution in [-0.4, -0.2) is 69.5 Å². The van der Waals surface area contributed by atoms with Crippen LogP contribution in [0, 0.1) is 0 Å². The molecular weight excluding hydrogens is 512 g/mol. The molecule has 0 bridgehead atoms. The van der Waals surface area contributed by atoms with E-state index in [-0.39, 0.29) is 30.4 Å².